The Bertz CT molecular complexity index is 1170. The topological polar surface area (TPSA) is 135 Å². The van der Waals surface area contributed by atoms with Crippen molar-refractivity contribution in [3.05, 3.63) is 52.0 Å². The number of rotatable bonds is 5. The van der Waals surface area contributed by atoms with Gasteiger partial charge in [0.2, 0.25) is 0 Å². The third-order valence-electron chi connectivity index (χ3n) is 4.70. The number of amidine groups is 1. The Labute approximate surface area is 181 Å². The number of nitrogens with zero attached hydrogens (tertiary/aromatic N) is 5. The molecule has 3 aromatic heterocycles. The van der Waals surface area contributed by atoms with Crippen molar-refractivity contribution in [1.29, 1.82) is 10.9 Å². The zero-order valence-electron chi connectivity index (χ0n) is 15.8. The zero-order valence-corrected chi connectivity index (χ0v) is 17.3. The average molecular weight is 446 g/mol. The quantitative estimate of drug-likeness (QED) is 0.195. The van der Waals surface area contributed by atoms with Crippen LogP contribution in [0.15, 0.2) is 35.9 Å². The Morgan fingerprint density at radius 1 is 1.30 bits per heavy atom. The molecule has 0 saturated heterocycles. The van der Waals surface area contributed by atoms with Crippen LogP contribution in [-0.2, 0) is 0 Å². The molecule has 1 saturated carbocycles. The van der Waals surface area contributed by atoms with E-state index in [1.165, 1.54) is 19.3 Å². The highest BCUT2D eigenvalue weighted by molar-refractivity contribution is 6.34. The third-order valence-corrected chi connectivity index (χ3v) is 5.30. The predicted octanol–water partition coefficient (Wildman–Crippen LogP) is 4.76. The summed E-state index contributed by atoms with van der Waals surface area (Å²) in [5, 5.41) is 22.6. The van der Waals surface area contributed by atoms with Crippen LogP contribution in [0, 0.1) is 10.9 Å². The van der Waals surface area contributed by atoms with Crippen LogP contribution >= 0.6 is 23.2 Å². The molecule has 0 unspecified atom stereocenters. The molecule has 2 amide bonds. The summed E-state index contributed by atoms with van der Waals surface area (Å²) in [7, 11) is 1.44. The lowest BCUT2D eigenvalue weighted by Gasteiger charge is -2.14. The van der Waals surface area contributed by atoms with Gasteiger partial charge in [-0.15, -0.1) is 0 Å². The van der Waals surface area contributed by atoms with Crippen molar-refractivity contribution >= 4 is 52.0 Å². The lowest BCUT2D eigenvalue weighted by Crippen LogP contribution is -2.23. The molecule has 12 heteroatoms. The van der Waals surface area contributed by atoms with Crippen LogP contribution in [0.3, 0.4) is 0 Å². The molecule has 1 aliphatic rings. The number of aromatic nitrogens is 3. The number of halogens is 2. The maximum atomic E-state index is 12.6. The van der Waals surface area contributed by atoms with Crippen LogP contribution < -0.4 is 10.6 Å². The van der Waals surface area contributed by atoms with Gasteiger partial charge >= 0.3 is 6.03 Å². The average Bonchev–Trinajstić information content (AvgIpc) is 3.49. The monoisotopic (exact) mass is 445 g/mol. The number of carbonyl (C=O) groups is 1. The first kappa shape index (κ1) is 20.0. The molecule has 4 N–H and O–H groups in total. The van der Waals surface area contributed by atoms with E-state index in [-0.39, 0.29) is 16.6 Å². The van der Waals surface area contributed by atoms with E-state index >= 15 is 0 Å². The molecule has 30 heavy (non-hydrogen) atoms. The molecule has 0 bridgehead atoms. The van der Waals surface area contributed by atoms with Gasteiger partial charge in [-0.05, 0) is 30.9 Å². The summed E-state index contributed by atoms with van der Waals surface area (Å²) in [6.45, 7) is 0. The molecule has 1 fully saturated rings. The number of fused-ring (bicyclic) bond motifs is 1. The molecular weight excluding hydrogens is 429 g/mol. The minimum absolute atomic E-state index is 0.136. The first-order chi connectivity index (χ1) is 14.4. The van der Waals surface area contributed by atoms with Gasteiger partial charge in [-0.2, -0.15) is 10.6 Å². The van der Waals surface area contributed by atoms with Crippen LogP contribution in [0.1, 0.15) is 30.0 Å². The van der Waals surface area contributed by atoms with E-state index in [1.54, 1.807) is 23.0 Å². The molecule has 0 aliphatic heterocycles. The van der Waals surface area contributed by atoms with Crippen LogP contribution in [0.2, 0.25) is 10.0 Å². The van der Waals surface area contributed by atoms with E-state index in [0.29, 0.717) is 22.3 Å². The van der Waals surface area contributed by atoms with E-state index in [4.69, 9.17) is 34.1 Å². The molecule has 3 aromatic rings. The molecule has 1 aliphatic carbocycles. The number of amides is 2. The highest BCUT2D eigenvalue weighted by Gasteiger charge is 2.30. The summed E-state index contributed by atoms with van der Waals surface area (Å²) in [4.78, 5) is 16.7. The summed E-state index contributed by atoms with van der Waals surface area (Å²) in [5.41, 5.74) is 9.83. The zero-order chi connectivity index (χ0) is 21.4. The second-order valence-electron chi connectivity index (χ2n) is 6.81. The van der Waals surface area contributed by atoms with E-state index in [0.717, 1.165) is 28.9 Å². The number of urea groups is 1. The van der Waals surface area contributed by atoms with Gasteiger partial charge in [0.15, 0.2) is 5.84 Å². The number of pyridine rings is 1. The van der Waals surface area contributed by atoms with Crippen molar-refractivity contribution in [2.45, 2.75) is 18.8 Å². The van der Waals surface area contributed by atoms with Crippen LogP contribution in [0.4, 0.5) is 16.2 Å². The number of hydrogen-bond donors (Lipinski definition) is 4. The molecule has 3 heterocycles. The Morgan fingerprint density at radius 2 is 2.07 bits per heavy atom. The molecule has 154 valence electrons. The fraction of sp³-hybridized carbons (Fsp3) is 0.222. The van der Waals surface area contributed by atoms with Gasteiger partial charge in [0.1, 0.15) is 5.69 Å². The molecule has 10 nitrogen and oxygen atoms in total. The molecule has 4 rings (SSSR count). The van der Waals surface area contributed by atoms with Crippen molar-refractivity contribution < 1.29 is 4.79 Å². The Morgan fingerprint density at radius 3 is 2.73 bits per heavy atom. The standard InChI is InChI=1S/C18H17Cl2N9O/c1-28(27-22)17(21)15-12(20)6-10(7-23-15)25-18(30)26-13-8-24-29-5-4-11(19)16(29)14(13)9-2-3-9/h4-9,21-22H,2-3H2,1H3,(H2,25,26,30). The van der Waals surface area contributed by atoms with Gasteiger partial charge in [-0.3, -0.25) is 5.41 Å². The fourth-order valence-electron chi connectivity index (χ4n) is 3.12. The van der Waals surface area contributed by atoms with Crippen molar-refractivity contribution in [2.24, 2.45) is 5.22 Å². The van der Waals surface area contributed by atoms with Gasteiger partial charge in [0.05, 0.1) is 39.3 Å². The van der Waals surface area contributed by atoms with Crippen molar-refractivity contribution in [1.82, 2.24) is 19.6 Å². The largest absolute Gasteiger partial charge is 0.323 e. The minimum Gasteiger partial charge on any atom is -0.306 e. The fourth-order valence-corrected chi connectivity index (χ4v) is 3.62. The number of nitrogens with one attached hydrogen (secondary N) is 4. The van der Waals surface area contributed by atoms with Crippen molar-refractivity contribution in [3.63, 3.8) is 0 Å². The minimum atomic E-state index is -0.482. The van der Waals surface area contributed by atoms with Gasteiger partial charge in [0.25, 0.3) is 0 Å². The van der Waals surface area contributed by atoms with Crippen molar-refractivity contribution in [2.75, 3.05) is 17.7 Å². The Balaban J connectivity index is 1.54. The lowest BCUT2D eigenvalue weighted by atomic mass is 10.1. The maximum Gasteiger partial charge on any atom is 0.323 e. The smallest absolute Gasteiger partial charge is 0.306 e. The molecule has 0 aromatic carbocycles. The normalized spacial score (nSPS) is 13.2. The Hall–Kier alpha value is -3.24. The summed E-state index contributed by atoms with van der Waals surface area (Å²) in [5.74, 6) is 0.197. The Kier molecular flexibility index (Phi) is 5.27. The van der Waals surface area contributed by atoms with Gasteiger partial charge in [0, 0.05) is 18.8 Å². The van der Waals surface area contributed by atoms with Gasteiger partial charge in [-0.1, -0.05) is 28.4 Å². The van der Waals surface area contributed by atoms with Crippen LogP contribution in [0.5, 0.6) is 0 Å². The predicted molar refractivity (Wildman–Crippen MR) is 114 cm³/mol. The third kappa shape index (κ3) is 3.79. The van der Waals surface area contributed by atoms with Gasteiger partial charge < -0.3 is 10.6 Å². The first-order valence-electron chi connectivity index (χ1n) is 8.98. The number of hydrogen-bond acceptors (Lipinski definition) is 6. The summed E-state index contributed by atoms with van der Waals surface area (Å²) in [6, 6.07) is 2.77. The van der Waals surface area contributed by atoms with Gasteiger partial charge in [-0.25, -0.2) is 19.3 Å². The maximum absolute atomic E-state index is 12.6. The SMILES string of the molecule is CN(N=N)C(=N)c1ncc(NC(=O)Nc2cnn3ccc(Cl)c3c2C2CC2)cc1Cl. The molecule has 0 atom stereocenters. The molecular formula is C18H17Cl2N9O. The van der Waals surface area contributed by atoms with E-state index in [9.17, 15) is 4.79 Å². The second-order valence-corrected chi connectivity index (χ2v) is 7.62. The number of anilines is 2. The lowest BCUT2D eigenvalue weighted by molar-refractivity contribution is 0.262. The number of carbonyl (C=O) groups excluding carboxylic acids is 1. The van der Waals surface area contributed by atoms with E-state index in [2.05, 4.69) is 25.9 Å². The highest BCUT2D eigenvalue weighted by Crippen LogP contribution is 2.46. The van der Waals surface area contributed by atoms with E-state index < -0.39 is 6.03 Å². The molecule has 0 spiro atoms. The van der Waals surface area contributed by atoms with Crippen molar-refractivity contribution in [3.8, 4) is 0 Å². The van der Waals surface area contributed by atoms with Crippen LogP contribution in [0.25, 0.3) is 5.52 Å². The summed E-state index contributed by atoms with van der Waals surface area (Å²) in [6.07, 6.45) is 6.82. The first-order valence-corrected chi connectivity index (χ1v) is 9.74. The highest BCUT2D eigenvalue weighted by atomic mass is 35.5. The van der Waals surface area contributed by atoms with E-state index in [1.807, 2.05) is 0 Å². The summed E-state index contributed by atoms with van der Waals surface area (Å²) < 4.78 is 1.70. The summed E-state index contributed by atoms with van der Waals surface area (Å²) >= 11 is 12.5. The molecule has 0 radical (unpaired) electrons. The second kappa shape index (κ2) is 7.88. The van der Waals surface area contributed by atoms with Crippen LogP contribution in [-0.4, -0.2) is 38.5 Å².